The van der Waals surface area contributed by atoms with E-state index in [1.165, 1.54) is 12.1 Å². The predicted molar refractivity (Wildman–Crippen MR) is 124 cm³/mol. The number of carbonyl (C=O) groups excluding carboxylic acids is 1. The topological polar surface area (TPSA) is 113 Å². The van der Waals surface area contributed by atoms with Gasteiger partial charge in [0.2, 0.25) is 11.7 Å². The lowest BCUT2D eigenvalue weighted by Gasteiger charge is -2.31. The molecular formula is C24H23FN8O. The number of hydrogen-bond acceptors (Lipinski definition) is 7. The molecule has 1 saturated heterocycles. The summed E-state index contributed by atoms with van der Waals surface area (Å²) in [7, 11) is 0. The van der Waals surface area contributed by atoms with Gasteiger partial charge in [0.1, 0.15) is 11.6 Å². The van der Waals surface area contributed by atoms with Gasteiger partial charge in [-0.15, -0.1) is 10.2 Å². The van der Waals surface area contributed by atoms with Crippen molar-refractivity contribution in [3.05, 3.63) is 72.4 Å². The van der Waals surface area contributed by atoms with Crippen molar-refractivity contribution in [2.24, 2.45) is 0 Å². The Hall–Kier alpha value is -4.21. The normalized spacial score (nSPS) is 14.2. The first-order valence-corrected chi connectivity index (χ1v) is 11.1. The lowest BCUT2D eigenvalue weighted by molar-refractivity contribution is -0.130. The van der Waals surface area contributed by atoms with Crippen LogP contribution in [0.25, 0.3) is 22.6 Å². The molecule has 2 aromatic carbocycles. The van der Waals surface area contributed by atoms with Gasteiger partial charge in [-0.1, -0.05) is 0 Å². The molecule has 1 aliphatic heterocycles. The lowest BCUT2D eigenvalue weighted by atomic mass is 9.95. The molecule has 4 aromatic rings. The molecule has 0 aliphatic carbocycles. The Bertz CT molecular complexity index is 1240. The van der Waals surface area contributed by atoms with E-state index in [4.69, 9.17) is 4.98 Å². The lowest BCUT2D eigenvalue weighted by Crippen LogP contribution is -2.41. The SMILES string of the molecule is O=C(CNc1ccc(-c2nn[nH]n2)cc1)N1CCC(c2nccc(-c3ccc(F)cc3)n2)CC1. The Morgan fingerprint density at radius 2 is 1.76 bits per heavy atom. The highest BCUT2D eigenvalue weighted by Gasteiger charge is 2.25. The molecule has 1 aliphatic rings. The van der Waals surface area contributed by atoms with Crippen molar-refractivity contribution in [1.29, 1.82) is 0 Å². The number of aromatic amines is 1. The fourth-order valence-electron chi connectivity index (χ4n) is 4.05. The summed E-state index contributed by atoms with van der Waals surface area (Å²) in [6.45, 7) is 1.54. The maximum absolute atomic E-state index is 13.2. The molecule has 1 amide bonds. The number of benzene rings is 2. The van der Waals surface area contributed by atoms with Crippen molar-refractivity contribution in [2.45, 2.75) is 18.8 Å². The van der Waals surface area contributed by atoms with Crippen molar-refractivity contribution in [1.82, 2.24) is 35.5 Å². The van der Waals surface area contributed by atoms with E-state index < -0.39 is 0 Å². The van der Waals surface area contributed by atoms with E-state index in [0.29, 0.717) is 18.9 Å². The molecule has 3 heterocycles. The third-order valence-electron chi connectivity index (χ3n) is 5.96. The second-order valence-corrected chi connectivity index (χ2v) is 8.13. The number of tetrazole rings is 1. The quantitative estimate of drug-likeness (QED) is 0.456. The molecular weight excluding hydrogens is 435 g/mol. The number of likely N-dealkylation sites (tertiary alicyclic amines) is 1. The molecule has 5 rings (SSSR count). The zero-order chi connectivity index (χ0) is 23.3. The standard InChI is InChI=1S/C24H23FN8O/c25-19-5-1-16(2-6-19)21-9-12-26-23(28-21)18-10-13-33(14-11-18)22(34)15-27-20-7-3-17(4-8-20)24-29-31-32-30-24/h1-9,12,18,27H,10-11,13-15H2,(H,29,30,31,32). The molecule has 9 nitrogen and oxygen atoms in total. The summed E-state index contributed by atoms with van der Waals surface area (Å²) in [5, 5.41) is 17.1. The van der Waals surface area contributed by atoms with Crippen LogP contribution in [-0.2, 0) is 4.79 Å². The first-order chi connectivity index (χ1) is 16.7. The number of nitrogens with zero attached hydrogens (tertiary/aromatic N) is 6. The summed E-state index contributed by atoms with van der Waals surface area (Å²) < 4.78 is 13.2. The van der Waals surface area contributed by atoms with Crippen molar-refractivity contribution >= 4 is 11.6 Å². The third-order valence-corrected chi connectivity index (χ3v) is 5.96. The van der Waals surface area contributed by atoms with E-state index in [1.807, 2.05) is 35.2 Å². The van der Waals surface area contributed by atoms with E-state index in [2.05, 4.69) is 30.9 Å². The van der Waals surface area contributed by atoms with Crippen molar-refractivity contribution in [2.75, 3.05) is 25.0 Å². The average molecular weight is 459 g/mol. The zero-order valence-electron chi connectivity index (χ0n) is 18.4. The summed E-state index contributed by atoms with van der Waals surface area (Å²) in [6.07, 6.45) is 3.35. The summed E-state index contributed by atoms with van der Waals surface area (Å²) in [5.41, 5.74) is 3.33. The number of aromatic nitrogens is 6. The maximum Gasteiger partial charge on any atom is 0.241 e. The van der Waals surface area contributed by atoms with Crippen molar-refractivity contribution in [3.63, 3.8) is 0 Å². The van der Waals surface area contributed by atoms with Gasteiger partial charge in [-0.2, -0.15) is 5.21 Å². The largest absolute Gasteiger partial charge is 0.376 e. The number of piperidine rings is 1. The molecule has 2 N–H and O–H groups in total. The Morgan fingerprint density at radius 3 is 2.47 bits per heavy atom. The maximum atomic E-state index is 13.2. The van der Waals surface area contributed by atoms with Crippen molar-refractivity contribution < 1.29 is 9.18 Å². The van der Waals surface area contributed by atoms with Gasteiger partial charge in [-0.25, -0.2) is 14.4 Å². The van der Waals surface area contributed by atoms with E-state index in [-0.39, 0.29) is 24.2 Å². The number of halogens is 1. The smallest absolute Gasteiger partial charge is 0.241 e. The van der Waals surface area contributed by atoms with Crippen LogP contribution >= 0.6 is 0 Å². The molecule has 0 spiro atoms. The molecule has 0 atom stereocenters. The van der Waals surface area contributed by atoms with Crippen LogP contribution in [0, 0.1) is 5.82 Å². The van der Waals surface area contributed by atoms with Gasteiger partial charge in [0.15, 0.2) is 0 Å². The van der Waals surface area contributed by atoms with Crippen LogP contribution in [0.2, 0.25) is 0 Å². The zero-order valence-corrected chi connectivity index (χ0v) is 18.4. The average Bonchev–Trinajstić information content (AvgIpc) is 3.43. The van der Waals surface area contributed by atoms with Gasteiger partial charge in [0.25, 0.3) is 0 Å². The Labute approximate surface area is 195 Å². The highest BCUT2D eigenvalue weighted by molar-refractivity contribution is 5.81. The van der Waals surface area contributed by atoms with Gasteiger partial charge in [-0.3, -0.25) is 4.79 Å². The summed E-state index contributed by atoms with van der Waals surface area (Å²) in [6, 6.07) is 15.6. The minimum Gasteiger partial charge on any atom is -0.376 e. The van der Waals surface area contributed by atoms with Gasteiger partial charge in [-0.05, 0) is 72.7 Å². The van der Waals surface area contributed by atoms with E-state index in [9.17, 15) is 9.18 Å². The molecule has 10 heteroatoms. The monoisotopic (exact) mass is 458 g/mol. The second kappa shape index (κ2) is 9.74. The molecule has 0 radical (unpaired) electrons. The number of H-pyrrole nitrogens is 1. The van der Waals surface area contributed by atoms with Gasteiger partial charge >= 0.3 is 0 Å². The van der Waals surface area contributed by atoms with Gasteiger partial charge in [0, 0.05) is 42.0 Å². The summed E-state index contributed by atoms with van der Waals surface area (Å²) >= 11 is 0. The van der Waals surface area contributed by atoms with Gasteiger partial charge in [0.05, 0.1) is 12.2 Å². The minimum absolute atomic E-state index is 0.0571. The summed E-state index contributed by atoms with van der Waals surface area (Å²) in [4.78, 5) is 23.7. The van der Waals surface area contributed by atoms with Crippen LogP contribution in [0.5, 0.6) is 0 Å². The first-order valence-electron chi connectivity index (χ1n) is 11.1. The van der Waals surface area contributed by atoms with E-state index in [1.54, 1.807) is 18.3 Å². The van der Waals surface area contributed by atoms with E-state index in [0.717, 1.165) is 41.2 Å². The van der Waals surface area contributed by atoms with Crippen LogP contribution in [0.15, 0.2) is 60.8 Å². The number of rotatable bonds is 6. The number of hydrogen-bond donors (Lipinski definition) is 2. The molecule has 0 unspecified atom stereocenters. The number of amides is 1. The Balaban J connectivity index is 1.13. The Morgan fingerprint density at radius 1 is 1.03 bits per heavy atom. The first kappa shape index (κ1) is 21.6. The van der Waals surface area contributed by atoms with E-state index >= 15 is 0 Å². The Kier molecular flexibility index (Phi) is 6.19. The molecule has 1 fully saturated rings. The van der Waals surface area contributed by atoms with Crippen molar-refractivity contribution in [3.8, 4) is 22.6 Å². The van der Waals surface area contributed by atoms with Crippen LogP contribution in [0.3, 0.4) is 0 Å². The minimum atomic E-state index is -0.273. The number of nitrogens with one attached hydrogen (secondary N) is 2. The van der Waals surface area contributed by atoms with Crippen LogP contribution in [0.4, 0.5) is 10.1 Å². The predicted octanol–water partition coefficient (Wildman–Crippen LogP) is 3.28. The van der Waals surface area contributed by atoms with Crippen LogP contribution in [0.1, 0.15) is 24.6 Å². The molecule has 0 saturated carbocycles. The summed E-state index contributed by atoms with van der Waals surface area (Å²) in [5.74, 6) is 1.27. The molecule has 0 bridgehead atoms. The highest BCUT2D eigenvalue weighted by Crippen LogP contribution is 2.27. The molecule has 34 heavy (non-hydrogen) atoms. The molecule has 172 valence electrons. The number of anilines is 1. The highest BCUT2D eigenvalue weighted by atomic mass is 19.1. The fraction of sp³-hybridized carbons (Fsp3) is 0.250. The third kappa shape index (κ3) is 4.90. The molecule has 2 aromatic heterocycles. The van der Waals surface area contributed by atoms with Crippen LogP contribution in [-0.4, -0.2) is 61.0 Å². The second-order valence-electron chi connectivity index (χ2n) is 8.13. The van der Waals surface area contributed by atoms with Gasteiger partial charge < -0.3 is 10.2 Å². The number of carbonyl (C=O) groups is 1. The fourth-order valence-corrected chi connectivity index (χ4v) is 4.05. The van der Waals surface area contributed by atoms with Crippen LogP contribution < -0.4 is 5.32 Å².